The molecule has 2 rings (SSSR count). The molecule has 1 aromatic heterocycles. The maximum Gasteiger partial charge on any atom is 0.109 e. The lowest BCUT2D eigenvalue weighted by Gasteiger charge is -1.91. The molecule has 54 valence electrons. The van der Waals surface area contributed by atoms with Gasteiger partial charge in [-0.2, -0.15) is 0 Å². The van der Waals surface area contributed by atoms with E-state index in [9.17, 15) is 0 Å². The van der Waals surface area contributed by atoms with Crippen LogP contribution in [0, 0.1) is 3.82 Å². The lowest BCUT2D eigenvalue weighted by molar-refractivity contribution is 1.43. The van der Waals surface area contributed by atoms with Crippen LogP contribution < -0.4 is 0 Å². The van der Waals surface area contributed by atoms with E-state index in [1.165, 1.54) is 0 Å². The second-order valence-corrected chi connectivity index (χ2v) is 3.93. The molecule has 1 heterocycles. The Kier molecular flexibility index (Phi) is 1.68. The van der Waals surface area contributed by atoms with Gasteiger partial charge in [-0.3, -0.25) is 4.98 Å². The summed E-state index contributed by atoms with van der Waals surface area (Å²) in [5, 5.41) is 0. The smallest absolute Gasteiger partial charge is 0.109 e. The molecular formula is C8H5NS2. The normalized spacial score (nSPS) is 10.2. The summed E-state index contributed by atoms with van der Waals surface area (Å²) < 4.78 is 1.99. The van der Waals surface area contributed by atoms with Gasteiger partial charge >= 0.3 is 0 Å². The van der Waals surface area contributed by atoms with Crippen LogP contribution in [0.2, 0.25) is 0 Å². The SMILES string of the molecule is S=c1cnc2ccccc2s1. The Morgan fingerprint density at radius 2 is 2.09 bits per heavy atom. The van der Waals surface area contributed by atoms with Crippen molar-refractivity contribution < 1.29 is 0 Å². The minimum Gasteiger partial charge on any atom is -0.253 e. The molecule has 1 nitrogen and oxygen atoms in total. The fourth-order valence-corrected chi connectivity index (χ4v) is 1.92. The highest BCUT2D eigenvalue weighted by atomic mass is 32.1. The van der Waals surface area contributed by atoms with Crippen molar-refractivity contribution >= 4 is 33.8 Å². The van der Waals surface area contributed by atoms with Crippen LogP contribution in [0.3, 0.4) is 0 Å². The molecule has 2 aromatic rings. The summed E-state index contributed by atoms with van der Waals surface area (Å²) in [6, 6.07) is 7.99. The monoisotopic (exact) mass is 179 g/mol. The van der Waals surface area contributed by atoms with Crippen LogP contribution in [0.25, 0.3) is 10.2 Å². The number of hydrogen-bond acceptors (Lipinski definition) is 3. The molecule has 0 atom stereocenters. The Hall–Kier alpha value is -0.800. The van der Waals surface area contributed by atoms with E-state index in [2.05, 4.69) is 4.98 Å². The highest BCUT2D eigenvalue weighted by molar-refractivity contribution is 7.73. The number of rotatable bonds is 0. The van der Waals surface area contributed by atoms with Crippen LogP contribution >= 0.6 is 23.6 Å². The van der Waals surface area contributed by atoms with Gasteiger partial charge < -0.3 is 0 Å². The zero-order valence-electron chi connectivity index (χ0n) is 5.65. The van der Waals surface area contributed by atoms with Crippen LogP contribution in [0.1, 0.15) is 0 Å². The zero-order chi connectivity index (χ0) is 7.68. The molecule has 0 saturated carbocycles. The van der Waals surface area contributed by atoms with Crippen molar-refractivity contribution in [2.75, 3.05) is 0 Å². The number of benzene rings is 1. The average Bonchev–Trinajstić information content (AvgIpc) is 2.04. The second kappa shape index (κ2) is 2.68. The summed E-state index contributed by atoms with van der Waals surface area (Å²) in [6.07, 6.45) is 1.72. The molecule has 0 saturated heterocycles. The van der Waals surface area contributed by atoms with Gasteiger partial charge in [0.25, 0.3) is 0 Å². The first-order valence-electron chi connectivity index (χ1n) is 3.21. The minimum atomic E-state index is 0.837. The van der Waals surface area contributed by atoms with Gasteiger partial charge in [0.05, 0.1) is 16.4 Å². The molecule has 11 heavy (non-hydrogen) atoms. The largest absolute Gasteiger partial charge is 0.253 e. The molecule has 0 radical (unpaired) electrons. The maximum absolute atomic E-state index is 5.00. The van der Waals surface area contributed by atoms with Crippen LogP contribution in [-0.4, -0.2) is 4.98 Å². The van der Waals surface area contributed by atoms with Gasteiger partial charge in [0, 0.05) is 0 Å². The molecule has 0 unspecified atom stereocenters. The summed E-state index contributed by atoms with van der Waals surface area (Å²) in [6.45, 7) is 0. The van der Waals surface area contributed by atoms with E-state index >= 15 is 0 Å². The van der Waals surface area contributed by atoms with Crippen molar-refractivity contribution in [3.05, 3.63) is 34.3 Å². The van der Waals surface area contributed by atoms with E-state index in [-0.39, 0.29) is 0 Å². The summed E-state index contributed by atoms with van der Waals surface area (Å²) in [4.78, 5) is 4.19. The van der Waals surface area contributed by atoms with Crippen molar-refractivity contribution in [3.8, 4) is 0 Å². The van der Waals surface area contributed by atoms with Gasteiger partial charge in [-0.05, 0) is 12.1 Å². The predicted octanol–water partition coefficient (Wildman–Crippen LogP) is 3.03. The molecule has 0 fully saturated rings. The summed E-state index contributed by atoms with van der Waals surface area (Å²) >= 11 is 6.59. The fourth-order valence-electron chi connectivity index (χ4n) is 0.907. The fraction of sp³-hybridized carbons (Fsp3) is 0. The molecule has 0 spiro atoms. The van der Waals surface area contributed by atoms with Crippen molar-refractivity contribution in [2.45, 2.75) is 0 Å². The number of fused-ring (bicyclic) bond motifs is 1. The molecule has 0 bridgehead atoms. The zero-order valence-corrected chi connectivity index (χ0v) is 7.28. The highest BCUT2D eigenvalue weighted by Crippen LogP contribution is 2.15. The van der Waals surface area contributed by atoms with Crippen molar-refractivity contribution in [3.63, 3.8) is 0 Å². The Bertz CT molecular complexity index is 433. The van der Waals surface area contributed by atoms with Gasteiger partial charge in [0.2, 0.25) is 0 Å². The molecule has 3 heteroatoms. The second-order valence-electron chi connectivity index (χ2n) is 2.15. The van der Waals surface area contributed by atoms with E-state index in [1.807, 2.05) is 24.3 Å². The first-order chi connectivity index (χ1) is 5.36. The molecule has 0 amide bonds. The summed E-state index contributed by atoms with van der Waals surface area (Å²) in [5.41, 5.74) is 1.02. The number of nitrogens with zero attached hydrogens (tertiary/aromatic N) is 1. The maximum atomic E-state index is 5.00. The third kappa shape index (κ3) is 1.29. The number of aromatic nitrogens is 1. The standard InChI is InChI=1S/C8H5NS2/c10-8-5-9-6-3-1-2-4-7(6)11-8/h1-5H. The molecule has 0 aliphatic carbocycles. The third-order valence-electron chi connectivity index (χ3n) is 1.38. The van der Waals surface area contributed by atoms with Crippen LogP contribution in [0.4, 0.5) is 0 Å². The van der Waals surface area contributed by atoms with Gasteiger partial charge in [0.15, 0.2) is 0 Å². The Morgan fingerprint density at radius 3 is 3.00 bits per heavy atom. The van der Waals surface area contributed by atoms with Gasteiger partial charge in [-0.1, -0.05) is 24.4 Å². The minimum absolute atomic E-state index is 0.837. The Balaban J connectivity index is 2.94. The molecule has 0 N–H and O–H groups in total. The average molecular weight is 179 g/mol. The van der Waals surface area contributed by atoms with Gasteiger partial charge in [-0.25, -0.2) is 0 Å². The van der Waals surface area contributed by atoms with Crippen molar-refractivity contribution in [1.82, 2.24) is 4.98 Å². The predicted molar refractivity (Wildman–Crippen MR) is 50.5 cm³/mol. The molecule has 1 aromatic carbocycles. The lowest BCUT2D eigenvalue weighted by Crippen LogP contribution is -1.72. The van der Waals surface area contributed by atoms with Crippen LogP contribution in [0.5, 0.6) is 0 Å². The summed E-state index contributed by atoms with van der Waals surface area (Å²) in [5.74, 6) is 0. The van der Waals surface area contributed by atoms with E-state index < -0.39 is 0 Å². The van der Waals surface area contributed by atoms with E-state index in [0.29, 0.717) is 0 Å². The van der Waals surface area contributed by atoms with E-state index in [4.69, 9.17) is 12.2 Å². The first kappa shape index (κ1) is 6.88. The lowest BCUT2D eigenvalue weighted by atomic mass is 10.3. The third-order valence-corrected chi connectivity index (χ3v) is 2.61. The number of para-hydroxylation sites is 1. The van der Waals surface area contributed by atoms with Crippen molar-refractivity contribution in [2.24, 2.45) is 0 Å². The van der Waals surface area contributed by atoms with Gasteiger partial charge in [0.1, 0.15) is 3.82 Å². The molecule has 0 aliphatic rings. The summed E-state index contributed by atoms with van der Waals surface area (Å²) in [7, 11) is 0. The molecular weight excluding hydrogens is 174 g/mol. The van der Waals surface area contributed by atoms with Crippen LogP contribution in [-0.2, 0) is 0 Å². The quantitative estimate of drug-likeness (QED) is 0.576. The van der Waals surface area contributed by atoms with E-state index in [0.717, 1.165) is 14.0 Å². The van der Waals surface area contributed by atoms with E-state index in [1.54, 1.807) is 17.5 Å². The Labute approximate surface area is 73.3 Å². The highest BCUT2D eigenvalue weighted by Gasteiger charge is 1.90. The van der Waals surface area contributed by atoms with Crippen molar-refractivity contribution in [1.29, 1.82) is 0 Å². The molecule has 0 aliphatic heterocycles. The topological polar surface area (TPSA) is 12.9 Å². The van der Waals surface area contributed by atoms with Gasteiger partial charge in [-0.15, -0.1) is 11.3 Å². The van der Waals surface area contributed by atoms with Crippen LogP contribution in [0.15, 0.2) is 30.5 Å². The Morgan fingerprint density at radius 1 is 1.27 bits per heavy atom. The number of hydrogen-bond donors (Lipinski definition) is 0. The first-order valence-corrected chi connectivity index (χ1v) is 4.43.